The molecule has 0 radical (unpaired) electrons. The Morgan fingerprint density at radius 3 is 3.00 bits per heavy atom. The van der Waals surface area contributed by atoms with E-state index >= 15 is 0 Å². The molecular weight excluding hydrogens is 204 g/mol. The second-order valence-corrected chi connectivity index (χ2v) is 3.64. The molecule has 2 aromatic heterocycles. The third kappa shape index (κ3) is 1.87. The predicted octanol–water partition coefficient (Wildman–Crippen LogP) is 2.94. The van der Waals surface area contributed by atoms with Crippen LogP contribution in [0.1, 0.15) is 5.69 Å². The second kappa shape index (κ2) is 3.85. The summed E-state index contributed by atoms with van der Waals surface area (Å²) in [7, 11) is 0. The van der Waals surface area contributed by atoms with Crippen molar-refractivity contribution >= 4 is 22.9 Å². The zero-order valence-electron chi connectivity index (χ0n) is 6.77. The third-order valence-electron chi connectivity index (χ3n) is 1.60. The zero-order valence-corrected chi connectivity index (χ0v) is 8.35. The summed E-state index contributed by atoms with van der Waals surface area (Å²) in [6.45, 7) is 0. The minimum atomic E-state index is 0.469. The van der Waals surface area contributed by atoms with Crippen LogP contribution in [-0.4, -0.2) is 9.97 Å². The van der Waals surface area contributed by atoms with Gasteiger partial charge in [-0.15, -0.1) is 22.9 Å². The van der Waals surface area contributed by atoms with Crippen molar-refractivity contribution in [3.8, 4) is 10.6 Å². The second-order valence-electron chi connectivity index (χ2n) is 2.52. The van der Waals surface area contributed by atoms with E-state index in [2.05, 4.69) is 9.97 Å². The summed E-state index contributed by atoms with van der Waals surface area (Å²) in [6.07, 6.45) is 3.55. The largest absolute Gasteiger partial charge is 0.264 e. The van der Waals surface area contributed by atoms with Gasteiger partial charge in [-0.05, 0) is 12.1 Å². The minimum absolute atomic E-state index is 0.469. The van der Waals surface area contributed by atoms with Gasteiger partial charge < -0.3 is 0 Å². The standard InChI is InChI=1S/C9H7ClN2S/c10-4-8-6-13-9(12-8)7-2-1-3-11-5-7/h1-3,5-6H,4H2. The number of halogens is 1. The molecule has 13 heavy (non-hydrogen) atoms. The van der Waals surface area contributed by atoms with E-state index in [0.717, 1.165) is 16.3 Å². The summed E-state index contributed by atoms with van der Waals surface area (Å²) in [6, 6.07) is 3.89. The van der Waals surface area contributed by atoms with Gasteiger partial charge in [-0.3, -0.25) is 4.98 Å². The number of thiazole rings is 1. The lowest BCUT2D eigenvalue weighted by atomic mass is 10.3. The van der Waals surface area contributed by atoms with Crippen LogP contribution in [0.25, 0.3) is 10.6 Å². The first-order valence-electron chi connectivity index (χ1n) is 3.81. The van der Waals surface area contributed by atoms with Crippen LogP contribution >= 0.6 is 22.9 Å². The van der Waals surface area contributed by atoms with Crippen molar-refractivity contribution in [1.29, 1.82) is 0 Å². The van der Waals surface area contributed by atoms with Crippen LogP contribution in [0.5, 0.6) is 0 Å². The van der Waals surface area contributed by atoms with Crippen molar-refractivity contribution in [2.45, 2.75) is 5.88 Å². The first-order chi connectivity index (χ1) is 6.40. The molecule has 2 rings (SSSR count). The molecule has 0 amide bonds. The maximum absolute atomic E-state index is 5.66. The number of pyridine rings is 1. The molecule has 0 atom stereocenters. The molecule has 4 heteroatoms. The highest BCUT2D eigenvalue weighted by Gasteiger charge is 2.02. The van der Waals surface area contributed by atoms with Crippen LogP contribution in [-0.2, 0) is 5.88 Å². The highest BCUT2D eigenvalue weighted by atomic mass is 35.5. The number of rotatable bonds is 2. The van der Waals surface area contributed by atoms with Crippen molar-refractivity contribution in [2.75, 3.05) is 0 Å². The minimum Gasteiger partial charge on any atom is -0.264 e. The van der Waals surface area contributed by atoms with Crippen molar-refractivity contribution in [3.63, 3.8) is 0 Å². The Labute approximate surface area is 85.2 Å². The lowest BCUT2D eigenvalue weighted by Gasteiger charge is -1.92. The van der Waals surface area contributed by atoms with E-state index in [9.17, 15) is 0 Å². The van der Waals surface area contributed by atoms with E-state index in [-0.39, 0.29) is 0 Å². The van der Waals surface area contributed by atoms with Crippen molar-refractivity contribution in [2.24, 2.45) is 0 Å². The van der Waals surface area contributed by atoms with Gasteiger partial charge in [0.05, 0.1) is 11.6 Å². The summed E-state index contributed by atoms with van der Waals surface area (Å²) in [5.41, 5.74) is 1.97. The van der Waals surface area contributed by atoms with E-state index in [4.69, 9.17) is 11.6 Å². The SMILES string of the molecule is ClCc1csc(-c2cccnc2)n1. The molecule has 0 spiro atoms. The van der Waals surface area contributed by atoms with Gasteiger partial charge in [-0.2, -0.15) is 0 Å². The summed E-state index contributed by atoms with van der Waals surface area (Å²) in [5, 5.41) is 2.94. The molecule has 2 aromatic rings. The van der Waals surface area contributed by atoms with E-state index < -0.39 is 0 Å². The molecular formula is C9H7ClN2S. The van der Waals surface area contributed by atoms with Crippen LogP contribution < -0.4 is 0 Å². The van der Waals surface area contributed by atoms with Crippen LogP contribution in [0.3, 0.4) is 0 Å². The molecule has 0 aliphatic rings. The number of hydrogen-bond acceptors (Lipinski definition) is 3. The average molecular weight is 211 g/mol. The number of hydrogen-bond donors (Lipinski definition) is 0. The first-order valence-corrected chi connectivity index (χ1v) is 5.22. The summed E-state index contributed by atoms with van der Waals surface area (Å²) in [5.74, 6) is 0.469. The fourth-order valence-corrected chi connectivity index (χ4v) is 2.03. The van der Waals surface area contributed by atoms with Gasteiger partial charge in [0.25, 0.3) is 0 Å². The fraction of sp³-hybridized carbons (Fsp3) is 0.111. The smallest absolute Gasteiger partial charge is 0.125 e. The highest BCUT2D eigenvalue weighted by Crippen LogP contribution is 2.22. The maximum Gasteiger partial charge on any atom is 0.125 e. The van der Waals surface area contributed by atoms with E-state index in [0.29, 0.717) is 5.88 Å². The Hall–Kier alpha value is -0.930. The van der Waals surface area contributed by atoms with Gasteiger partial charge in [0.2, 0.25) is 0 Å². The fourth-order valence-electron chi connectivity index (χ4n) is 0.990. The van der Waals surface area contributed by atoms with E-state index in [1.807, 2.05) is 17.5 Å². The molecule has 0 aromatic carbocycles. The molecule has 2 heterocycles. The Bertz CT molecular complexity index is 386. The van der Waals surface area contributed by atoms with Crippen LogP contribution in [0.15, 0.2) is 29.9 Å². The molecule has 0 unspecified atom stereocenters. The van der Waals surface area contributed by atoms with E-state index in [1.165, 1.54) is 0 Å². The monoisotopic (exact) mass is 210 g/mol. The molecule has 0 aliphatic heterocycles. The Kier molecular flexibility index (Phi) is 2.57. The summed E-state index contributed by atoms with van der Waals surface area (Å²) >= 11 is 7.25. The first kappa shape index (κ1) is 8.66. The van der Waals surface area contributed by atoms with Crippen molar-refractivity contribution < 1.29 is 0 Å². The third-order valence-corrected chi connectivity index (χ3v) is 2.81. The van der Waals surface area contributed by atoms with Gasteiger partial charge in [-0.1, -0.05) is 0 Å². The summed E-state index contributed by atoms with van der Waals surface area (Å²) < 4.78 is 0. The van der Waals surface area contributed by atoms with Crippen LogP contribution in [0.4, 0.5) is 0 Å². The maximum atomic E-state index is 5.66. The molecule has 0 saturated heterocycles. The Balaban J connectivity index is 2.36. The molecule has 0 bridgehead atoms. The number of alkyl halides is 1. The van der Waals surface area contributed by atoms with Crippen molar-refractivity contribution in [1.82, 2.24) is 9.97 Å². The van der Waals surface area contributed by atoms with Crippen molar-refractivity contribution in [3.05, 3.63) is 35.6 Å². The van der Waals surface area contributed by atoms with Gasteiger partial charge in [-0.25, -0.2) is 4.98 Å². The molecule has 0 aliphatic carbocycles. The van der Waals surface area contributed by atoms with Gasteiger partial charge in [0, 0.05) is 23.3 Å². The van der Waals surface area contributed by atoms with Gasteiger partial charge in [0.15, 0.2) is 0 Å². The summed E-state index contributed by atoms with van der Waals surface area (Å²) in [4.78, 5) is 8.38. The number of aromatic nitrogens is 2. The zero-order chi connectivity index (χ0) is 9.10. The van der Waals surface area contributed by atoms with Gasteiger partial charge >= 0.3 is 0 Å². The quantitative estimate of drug-likeness (QED) is 0.713. The lowest BCUT2D eigenvalue weighted by Crippen LogP contribution is -1.79. The number of nitrogens with zero attached hydrogens (tertiary/aromatic N) is 2. The molecule has 0 saturated carbocycles. The lowest BCUT2D eigenvalue weighted by molar-refractivity contribution is 1.22. The topological polar surface area (TPSA) is 25.8 Å². The van der Waals surface area contributed by atoms with Crippen LogP contribution in [0.2, 0.25) is 0 Å². The van der Waals surface area contributed by atoms with Crippen LogP contribution in [0, 0.1) is 0 Å². The van der Waals surface area contributed by atoms with Gasteiger partial charge in [0.1, 0.15) is 5.01 Å². The normalized spacial score (nSPS) is 10.2. The Morgan fingerprint density at radius 2 is 2.38 bits per heavy atom. The molecule has 2 nitrogen and oxygen atoms in total. The molecule has 0 fully saturated rings. The molecule has 66 valence electrons. The highest BCUT2D eigenvalue weighted by molar-refractivity contribution is 7.13. The predicted molar refractivity (Wildman–Crippen MR) is 54.9 cm³/mol. The van der Waals surface area contributed by atoms with E-state index in [1.54, 1.807) is 23.7 Å². The average Bonchev–Trinajstić information content (AvgIpc) is 2.67. The Morgan fingerprint density at radius 1 is 1.46 bits per heavy atom. The molecule has 0 N–H and O–H groups in total.